The van der Waals surface area contributed by atoms with Crippen molar-refractivity contribution in [3.05, 3.63) is 52.3 Å². The van der Waals surface area contributed by atoms with Crippen LogP contribution in [-0.2, 0) is 9.53 Å². The fourth-order valence-electron chi connectivity index (χ4n) is 4.85. The zero-order valence-corrected chi connectivity index (χ0v) is 14.0. The molecule has 3 heteroatoms. The van der Waals surface area contributed by atoms with Crippen LogP contribution < -0.4 is 0 Å². The van der Waals surface area contributed by atoms with Crippen molar-refractivity contribution in [1.82, 2.24) is 0 Å². The van der Waals surface area contributed by atoms with Gasteiger partial charge in [-0.25, -0.2) is 0 Å². The fraction of sp³-hybridized carbons (Fsp3) is 0.450. The van der Waals surface area contributed by atoms with E-state index in [-0.39, 0.29) is 29.5 Å². The number of ether oxygens (including phenoxy) is 1. The first-order chi connectivity index (χ1) is 10.9. The lowest BCUT2D eigenvalue weighted by Gasteiger charge is -2.28. The number of ketones is 1. The van der Waals surface area contributed by atoms with E-state index in [4.69, 9.17) is 4.74 Å². The lowest BCUT2D eigenvalue weighted by atomic mass is 9.74. The topological polar surface area (TPSA) is 46.5 Å². The second-order valence-corrected chi connectivity index (χ2v) is 7.15. The molecular weight excluding hydrogens is 288 g/mol. The molecule has 120 valence electrons. The van der Waals surface area contributed by atoms with Crippen molar-refractivity contribution in [2.24, 2.45) is 11.8 Å². The molecule has 1 saturated heterocycles. The number of rotatable bonds is 2. The number of hydrogen-bond acceptors (Lipinski definition) is 3. The van der Waals surface area contributed by atoms with E-state index in [1.807, 2.05) is 39.8 Å². The summed E-state index contributed by atoms with van der Waals surface area (Å²) in [6, 6.07) is 4.14. The average molecular weight is 310 g/mol. The molecule has 1 aromatic carbocycles. The Kier molecular flexibility index (Phi) is 2.92. The lowest BCUT2D eigenvalue weighted by Crippen LogP contribution is -2.37. The van der Waals surface area contributed by atoms with Gasteiger partial charge in [0.25, 0.3) is 0 Å². The molecule has 1 fully saturated rings. The Morgan fingerprint density at radius 2 is 1.87 bits per heavy atom. The predicted octanol–water partition coefficient (Wildman–Crippen LogP) is 3.81. The van der Waals surface area contributed by atoms with Gasteiger partial charge in [-0.05, 0) is 43.9 Å². The Bertz CT molecular complexity index is 763. The van der Waals surface area contributed by atoms with Crippen molar-refractivity contribution >= 4 is 11.4 Å². The number of hydrogen-bond donors (Lipinski definition) is 1. The Labute approximate surface area is 136 Å². The van der Waals surface area contributed by atoms with Crippen molar-refractivity contribution in [1.29, 1.82) is 0 Å². The Morgan fingerprint density at radius 3 is 2.48 bits per heavy atom. The monoisotopic (exact) mass is 310 g/mol. The Morgan fingerprint density at radius 1 is 1.22 bits per heavy atom. The maximum atomic E-state index is 13.2. The third-order valence-electron chi connectivity index (χ3n) is 5.74. The van der Waals surface area contributed by atoms with Crippen LogP contribution in [0.4, 0.5) is 0 Å². The van der Waals surface area contributed by atoms with E-state index in [1.54, 1.807) is 0 Å². The molecule has 0 amide bonds. The second-order valence-electron chi connectivity index (χ2n) is 7.15. The zero-order chi connectivity index (χ0) is 16.5. The predicted molar refractivity (Wildman–Crippen MR) is 89.2 cm³/mol. The average Bonchev–Trinajstić information content (AvgIpc) is 3.12. The van der Waals surface area contributed by atoms with Gasteiger partial charge in [0.05, 0.1) is 29.1 Å². The SMILES string of the molecule is CC[C@]12C=C[C@H](O1)[C@@H]1C(O)=C(c3c(C)cc(C)cc3C)C(=O)[C@@H]12. The van der Waals surface area contributed by atoms with Crippen LogP contribution in [0.1, 0.15) is 35.6 Å². The molecule has 3 aliphatic rings. The Balaban J connectivity index is 1.89. The molecule has 0 spiro atoms. The standard InChI is InChI=1S/C20H22O3/c1-5-20-7-6-13(23-20)15-17(20)19(22)16(18(15)21)14-11(3)8-10(2)9-12(14)4/h6-9,13,15,17,21H,5H2,1-4H3/t13-,15-,17+,20+/m0/s1. The van der Waals surface area contributed by atoms with E-state index in [0.29, 0.717) is 5.57 Å². The van der Waals surface area contributed by atoms with E-state index in [1.165, 1.54) is 5.56 Å². The quantitative estimate of drug-likeness (QED) is 0.845. The maximum absolute atomic E-state index is 13.2. The third-order valence-corrected chi connectivity index (χ3v) is 5.74. The molecule has 0 saturated carbocycles. The van der Waals surface area contributed by atoms with Gasteiger partial charge in [-0.3, -0.25) is 4.79 Å². The van der Waals surface area contributed by atoms with Crippen molar-refractivity contribution in [2.75, 3.05) is 0 Å². The fourth-order valence-corrected chi connectivity index (χ4v) is 4.85. The van der Waals surface area contributed by atoms with Gasteiger partial charge in [-0.15, -0.1) is 0 Å². The molecule has 1 N–H and O–H groups in total. The van der Waals surface area contributed by atoms with Crippen LogP contribution in [0.5, 0.6) is 0 Å². The molecule has 0 unspecified atom stereocenters. The summed E-state index contributed by atoms with van der Waals surface area (Å²) in [7, 11) is 0. The molecule has 4 atom stereocenters. The van der Waals surface area contributed by atoms with Crippen LogP contribution in [0, 0.1) is 32.6 Å². The van der Waals surface area contributed by atoms with E-state index in [0.717, 1.165) is 23.1 Å². The third kappa shape index (κ3) is 1.71. The maximum Gasteiger partial charge on any atom is 0.174 e. The molecule has 0 aromatic heterocycles. The highest BCUT2D eigenvalue weighted by atomic mass is 16.5. The number of carbonyl (C=O) groups is 1. The largest absolute Gasteiger partial charge is 0.511 e. The second kappa shape index (κ2) is 4.57. The van der Waals surface area contributed by atoms with Gasteiger partial charge in [-0.1, -0.05) is 36.8 Å². The van der Waals surface area contributed by atoms with Crippen LogP contribution in [0.2, 0.25) is 0 Å². The van der Waals surface area contributed by atoms with E-state index in [9.17, 15) is 9.90 Å². The highest BCUT2D eigenvalue weighted by Crippen LogP contribution is 2.57. The van der Waals surface area contributed by atoms with E-state index < -0.39 is 5.60 Å². The van der Waals surface area contributed by atoms with Gasteiger partial charge in [0.15, 0.2) is 5.78 Å². The lowest BCUT2D eigenvalue weighted by molar-refractivity contribution is -0.121. The van der Waals surface area contributed by atoms with Gasteiger partial charge in [0, 0.05) is 0 Å². The molecular formula is C20H22O3. The molecule has 23 heavy (non-hydrogen) atoms. The first kappa shape index (κ1) is 14.7. The Hall–Kier alpha value is -1.87. The van der Waals surface area contributed by atoms with Gasteiger partial charge < -0.3 is 9.84 Å². The highest BCUT2D eigenvalue weighted by molar-refractivity contribution is 6.26. The normalized spacial score (nSPS) is 34.6. The summed E-state index contributed by atoms with van der Waals surface area (Å²) in [4.78, 5) is 13.2. The molecule has 4 rings (SSSR count). The zero-order valence-electron chi connectivity index (χ0n) is 14.0. The minimum absolute atomic E-state index is 0.0382. The molecule has 3 nitrogen and oxygen atoms in total. The van der Waals surface area contributed by atoms with Gasteiger partial charge in [-0.2, -0.15) is 0 Å². The van der Waals surface area contributed by atoms with Crippen molar-refractivity contribution in [2.45, 2.75) is 45.8 Å². The summed E-state index contributed by atoms with van der Waals surface area (Å²) in [6.07, 6.45) is 4.61. The smallest absolute Gasteiger partial charge is 0.174 e. The van der Waals surface area contributed by atoms with Crippen LogP contribution in [0.3, 0.4) is 0 Å². The first-order valence-corrected chi connectivity index (χ1v) is 8.32. The summed E-state index contributed by atoms with van der Waals surface area (Å²) in [5.41, 5.74) is 4.15. The molecule has 2 bridgehead atoms. The minimum Gasteiger partial charge on any atom is -0.511 e. The highest BCUT2D eigenvalue weighted by Gasteiger charge is 2.64. The van der Waals surface area contributed by atoms with Gasteiger partial charge >= 0.3 is 0 Å². The number of fused-ring (bicyclic) bond motifs is 5. The number of aliphatic hydroxyl groups is 1. The minimum atomic E-state index is -0.533. The number of aryl methyl sites for hydroxylation is 3. The van der Waals surface area contributed by atoms with E-state index >= 15 is 0 Å². The van der Waals surface area contributed by atoms with Crippen LogP contribution in [0.25, 0.3) is 5.57 Å². The van der Waals surface area contributed by atoms with Crippen molar-refractivity contribution in [3.8, 4) is 0 Å². The number of aliphatic hydroxyl groups excluding tert-OH is 1. The number of carbonyl (C=O) groups excluding carboxylic acids is 1. The number of Topliss-reactive ketones (excluding diaryl/α,β-unsaturated/α-hetero) is 1. The summed E-state index contributed by atoms with van der Waals surface area (Å²) >= 11 is 0. The molecule has 2 heterocycles. The van der Waals surface area contributed by atoms with Crippen LogP contribution in [-0.4, -0.2) is 22.6 Å². The van der Waals surface area contributed by atoms with E-state index in [2.05, 4.69) is 12.1 Å². The number of benzene rings is 1. The molecule has 2 aliphatic heterocycles. The van der Waals surface area contributed by atoms with Gasteiger partial charge in [0.1, 0.15) is 5.76 Å². The van der Waals surface area contributed by atoms with Crippen LogP contribution in [0.15, 0.2) is 30.0 Å². The van der Waals surface area contributed by atoms with Crippen molar-refractivity contribution < 1.29 is 14.6 Å². The number of allylic oxidation sites excluding steroid dienone is 1. The summed E-state index contributed by atoms with van der Waals surface area (Å²) in [6.45, 7) is 8.11. The molecule has 1 aliphatic carbocycles. The van der Waals surface area contributed by atoms with Gasteiger partial charge in [0.2, 0.25) is 0 Å². The van der Waals surface area contributed by atoms with Crippen molar-refractivity contribution in [3.63, 3.8) is 0 Å². The first-order valence-electron chi connectivity index (χ1n) is 8.32. The summed E-state index contributed by atoms with van der Waals surface area (Å²) < 4.78 is 6.05. The molecule has 1 aromatic rings. The summed E-state index contributed by atoms with van der Waals surface area (Å²) in [5.74, 6) is -0.240. The molecule has 0 radical (unpaired) electrons. The summed E-state index contributed by atoms with van der Waals surface area (Å²) in [5, 5.41) is 10.9. The van der Waals surface area contributed by atoms with Crippen LogP contribution >= 0.6 is 0 Å².